The van der Waals surface area contributed by atoms with Gasteiger partial charge in [0.2, 0.25) is 10.0 Å². The lowest BCUT2D eigenvalue weighted by Crippen LogP contribution is -2.44. The van der Waals surface area contributed by atoms with Gasteiger partial charge in [0, 0.05) is 29.6 Å². The number of carbonyl (C=O) groups excluding carboxylic acids is 1. The summed E-state index contributed by atoms with van der Waals surface area (Å²) in [6, 6.07) is 6.21. The number of rotatable bonds is 5. The van der Waals surface area contributed by atoms with Crippen molar-refractivity contribution in [2.24, 2.45) is 11.7 Å². The van der Waals surface area contributed by atoms with E-state index in [9.17, 15) is 18.0 Å². The van der Waals surface area contributed by atoms with E-state index in [0.717, 1.165) is 44.9 Å². The fourth-order valence-electron chi connectivity index (χ4n) is 5.36. The van der Waals surface area contributed by atoms with Crippen molar-refractivity contribution in [3.63, 3.8) is 0 Å². The predicted molar refractivity (Wildman–Crippen MR) is 119 cm³/mol. The summed E-state index contributed by atoms with van der Waals surface area (Å²) >= 11 is 0. The molecule has 2 N–H and O–H groups in total. The Labute approximate surface area is 187 Å². The van der Waals surface area contributed by atoms with Crippen LogP contribution in [0.1, 0.15) is 51.4 Å². The van der Waals surface area contributed by atoms with E-state index < -0.39 is 15.6 Å². The Morgan fingerprint density at radius 2 is 1.84 bits per heavy atom. The first kappa shape index (κ1) is 21.6. The Morgan fingerprint density at radius 1 is 1.09 bits per heavy atom. The summed E-state index contributed by atoms with van der Waals surface area (Å²) in [5.74, 6) is -0.369. The summed E-state index contributed by atoms with van der Waals surface area (Å²) in [6.07, 6.45) is 8.54. The van der Waals surface area contributed by atoms with Gasteiger partial charge in [-0.15, -0.1) is 0 Å². The number of benzene rings is 1. The predicted octanol–water partition coefficient (Wildman–Crippen LogP) is 2.34. The number of pyridine rings is 1. The van der Waals surface area contributed by atoms with Gasteiger partial charge in [-0.1, -0.05) is 25.3 Å². The molecule has 2 heterocycles. The van der Waals surface area contributed by atoms with E-state index >= 15 is 0 Å². The molecule has 2 saturated carbocycles. The van der Waals surface area contributed by atoms with E-state index in [1.54, 1.807) is 24.3 Å². The molecule has 2 aliphatic carbocycles. The van der Waals surface area contributed by atoms with Crippen molar-refractivity contribution < 1.29 is 17.9 Å². The minimum absolute atomic E-state index is 0.0989. The fourth-order valence-corrected chi connectivity index (χ4v) is 7.45. The molecule has 8 nitrogen and oxygen atoms in total. The summed E-state index contributed by atoms with van der Waals surface area (Å²) in [5, 5.41) is 0.666. The first-order valence-electron chi connectivity index (χ1n) is 11.4. The molecule has 1 spiro atoms. The second-order valence-corrected chi connectivity index (χ2v) is 11.1. The highest BCUT2D eigenvalue weighted by molar-refractivity contribution is 7.89. The highest BCUT2D eigenvalue weighted by Crippen LogP contribution is 2.51. The quantitative estimate of drug-likeness (QED) is 0.687. The molecule has 1 saturated heterocycles. The summed E-state index contributed by atoms with van der Waals surface area (Å²) in [7, 11) is -3.79. The largest absolute Gasteiger partial charge is 0.444 e. The first-order valence-corrected chi connectivity index (χ1v) is 12.9. The third kappa shape index (κ3) is 3.47. The van der Waals surface area contributed by atoms with Crippen LogP contribution in [-0.2, 0) is 26.3 Å². The molecule has 0 radical (unpaired) electrons. The van der Waals surface area contributed by atoms with Crippen LogP contribution in [0.25, 0.3) is 10.8 Å². The Balaban J connectivity index is 1.43. The minimum Gasteiger partial charge on any atom is -0.444 e. The summed E-state index contributed by atoms with van der Waals surface area (Å²) in [4.78, 5) is 25.5. The number of ether oxygens (including phenoxy) is 1. The lowest BCUT2D eigenvalue weighted by atomic mass is 9.89. The van der Waals surface area contributed by atoms with Crippen molar-refractivity contribution in [3.8, 4) is 0 Å². The molecular weight excluding hydrogens is 430 g/mol. The average Bonchev–Trinajstić information content (AvgIpc) is 3.53. The second-order valence-electron chi connectivity index (χ2n) is 9.31. The van der Waals surface area contributed by atoms with Gasteiger partial charge in [-0.25, -0.2) is 8.42 Å². The lowest BCUT2D eigenvalue weighted by Gasteiger charge is -2.26. The average molecular weight is 460 g/mol. The van der Waals surface area contributed by atoms with Crippen LogP contribution in [0.3, 0.4) is 0 Å². The van der Waals surface area contributed by atoms with Crippen LogP contribution in [0.2, 0.25) is 0 Å². The Bertz CT molecular complexity index is 1210. The normalized spacial score (nSPS) is 23.6. The lowest BCUT2D eigenvalue weighted by molar-refractivity contribution is -0.153. The standard InChI is InChI=1S/C23H29N3O5S/c24-20-10-14-26(23(20)11-12-23)32(29,30)19-8-4-7-18-17(19)9-13-25(21(18)27)15-31-22(28)16-5-2-1-3-6-16/h4,7-9,13,16,20H,1-3,5-6,10-12,14-15,24H2/t20-/m0/s1. The number of hydrogen-bond donors (Lipinski definition) is 1. The number of sulfonamides is 1. The van der Waals surface area contributed by atoms with Crippen LogP contribution in [-0.4, -0.2) is 41.4 Å². The van der Waals surface area contributed by atoms with E-state index in [1.165, 1.54) is 15.1 Å². The highest BCUT2D eigenvalue weighted by Gasteiger charge is 2.60. The first-order chi connectivity index (χ1) is 15.3. The number of aromatic nitrogens is 1. The molecule has 2 aromatic rings. The molecule has 1 atom stereocenters. The summed E-state index contributed by atoms with van der Waals surface area (Å²) in [5.41, 5.74) is 5.36. The Morgan fingerprint density at radius 3 is 2.56 bits per heavy atom. The molecule has 172 valence electrons. The van der Waals surface area contributed by atoms with Crippen LogP contribution in [0.4, 0.5) is 0 Å². The molecule has 1 aliphatic heterocycles. The van der Waals surface area contributed by atoms with Gasteiger partial charge >= 0.3 is 5.97 Å². The third-order valence-electron chi connectivity index (χ3n) is 7.42. The molecule has 0 amide bonds. The molecule has 1 aromatic carbocycles. The van der Waals surface area contributed by atoms with Gasteiger partial charge in [0.25, 0.3) is 5.56 Å². The maximum atomic E-state index is 13.5. The zero-order valence-corrected chi connectivity index (χ0v) is 18.9. The maximum absolute atomic E-state index is 13.5. The smallest absolute Gasteiger partial charge is 0.310 e. The van der Waals surface area contributed by atoms with Gasteiger partial charge < -0.3 is 10.5 Å². The summed E-state index contributed by atoms with van der Waals surface area (Å²) in [6.45, 7) is 0.221. The monoisotopic (exact) mass is 459 g/mol. The summed E-state index contributed by atoms with van der Waals surface area (Å²) < 4.78 is 35.3. The zero-order chi connectivity index (χ0) is 22.5. The molecule has 5 rings (SSSR count). The number of fused-ring (bicyclic) bond motifs is 1. The second kappa shape index (κ2) is 7.97. The number of carbonyl (C=O) groups is 1. The topological polar surface area (TPSA) is 112 Å². The van der Waals surface area contributed by atoms with E-state index in [4.69, 9.17) is 10.5 Å². The molecule has 1 aromatic heterocycles. The van der Waals surface area contributed by atoms with Crippen LogP contribution in [0.15, 0.2) is 40.2 Å². The number of hydrogen-bond acceptors (Lipinski definition) is 6. The zero-order valence-electron chi connectivity index (χ0n) is 18.0. The van der Waals surface area contributed by atoms with Gasteiger partial charge in [0.15, 0.2) is 6.73 Å². The van der Waals surface area contributed by atoms with Crippen molar-refractivity contribution in [2.45, 2.75) is 74.6 Å². The molecule has 32 heavy (non-hydrogen) atoms. The number of esters is 1. The van der Waals surface area contributed by atoms with Gasteiger partial charge in [-0.2, -0.15) is 4.31 Å². The Hall–Kier alpha value is -2.23. The molecule has 3 aliphatic rings. The van der Waals surface area contributed by atoms with Crippen LogP contribution in [0, 0.1) is 5.92 Å². The van der Waals surface area contributed by atoms with Crippen molar-refractivity contribution in [1.29, 1.82) is 0 Å². The maximum Gasteiger partial charge on any atom is 0.310 e. The van der Waals surface area contributed by atoms with E-state index in [0.29, 0.717) is 18.4 Å². The van der Waals surface area contributed by atoms with Crippen LogP contribution >= 0.6 is 0 Å². The molecule has 0 bridgehead atoms. The van der Waals surface area contributed by atoms with Crippen molar-refractivity contribution in [1.82, 2.24) is 8.87 Å². The van der Waals surface area contributed by atoms with Crippen LogP contribution < -0.4 is 11.3 Å². The van der Waals surface area contributed by atoms with Crippen molar-refractivity contribution in [3.05, 3.63) is 40.8 Å². The fraction of sp³-hybridized carbons (Fsp3) is 0.565. The third-order valence-corrected chi connectivity index (χ3v) is 9.46. The minimum atomic E-state index is -3.79. The van der Waals surface area contributed by atoms with Crippen molar-refractivity contribution in [2.75, 3.05) is 6.54 Å². The van der Waals surface area contributed by atoms with E-state index in [1.807, 2.05) is 0 Å². The van der Waals surface area contributed by atoms with E-state index in [2.05, 4.69) is 0 Å². The molecule has 9 heteroatoms. The van der Waals surface area contributed by atoms with E-state index in [-0.39, 0.29) is 40.5 Å². The highest BCUT2D eigenvalue weighted by atomic mass is 32.2. The Kier molecular flexibility index (Phi) is 5.38. The molecule has 0 unspecified atom stereocenters. The molecular formula is C23H29N3O5S. The SMILES string of the molecule is N[C@H]1CCN(S(=O)(=O)c2cccc3c(=O)n(COC(=O)C4CCCCC4)ccc23)C12CC2. The van der Waals surface area contributed by atoms with Gasteiger partial charge in [0.05, 0.1) is 16.4 Å². The van der Waals surface area contributed by atoms with Crippen LogP contribution in [0.5, 0.6) is 0 Å². The number of nitrogens with zero attached hydrogens (tertiary/aromatic N) is 2. The molecule has 3 fully saturated rings. The van der Waals surface area contributed by atoms with Gasteiger partial charge in [-0.05, 0) is 50.3 Å². The van der Waals surface area contributed by atoms with Gasteiger partial charge in [-0.3, -0.25) is 14.2 Å². The number of nitrogens with two attached hydrogens (primary N) is 1. The van der Waals surface area contributed by atoms with Gasteiger partial charge in [0.1, 0.15) is 0 Å². The van der Waals surface area contributed by atoms with Crippen molar-refractivity contribution >= 4 is 26.8 Å².